The number of benzene rings is 2. The third-order valence-electron chi connectivity index (χ3n) is 2.70. The Kier molecular flexibility index (Phi) is 5.71. The lowest BCUT2D eigenvalue weighted by Crippen LogP contribution is -2.00. The van der Waals surface area contributed by atoms with E-state index in [4.69, 9.17) is 26.2 Å². The molecule has 0 aromatic heterocycles. The molecule has 106 valence electrons. The van der Waals surface area contributed by atoms with E-state index in [0.29, 0.717) is 24.7 Å². The highest BCUT2D eigenvalue weighted by atomic mass is 35.5. The maximum atomic E-state index is 8.71. The topological polar surface area (TPSA) is 38.7 Å². The van der Waals surface area contributed by atoms with Crippen molar-refractivity contribution >= 4 is 11.6 Å². The summed E-state index contributed by atoms with van der Waals surface area (Å²) in [5.74, 6) is 1.49. The molecule has 4 heteroatoms. The van der Waals surface area contributed by atoms with Gasteiger partial charge in [-0.2, -0.15) is 0 Å². The molecule has 0 unspecified atom stereocenters. The average Bonchev–Trinajstić information content (AvgIpc) is 2.47. The van der Waals surface area contributed by atoms with Gasteiger partial charge in [0, 0.05) is 24.1 Å². The van der Waals surface area contributed by atoms with Gasteiger partial charge >= 0.3 is 0 Å². The normalized spacial score (nSPS) is 10.3. The van der Waals surface area contributed by atoms with Gasteiger partial charge in [-0.25, -0.2) is 0 Å². The zero-order chi connectivity index (χ0) is 14.2. The molecule has 0 spiro atoms. The molecule has 20 heavy (non-hydrogen) atoms. The quantitative estimate of drug-likeness (QED) is 0.791. The minimum Gasteiger partial charge on any atom is -0.493 e. The molecule has 0 fully saturated rings. The molecule has 0 aliphatic carbocycles. The first-order valence-electron chi connectivity index (χ1n) is 6.49. The molecule has 1 N–H and O–H groups in total. The Hall–Kier alpha value is -1.71. The maximum Gasteiger partial charge on any atom is 0.123 e. The van der Waals surface area contributed by atoms with E-state index in [-0.39, 0.29) is 6.61 Å². The van der Waals surface area contributed by atoms with E-state index in [9.17, 15) is 0 Å². The molecule has 0 amide bonds. The molecule has 2 rings (SSSR count). The van der Waals surface area contributed by atoms with E-state index in [0.717, 1.165) is 17.1 Å². The summed E-state index contributed by atoms with van der Waals surface area (Å²) in [6.07, 6.45) is 0.621. The summed E-state index contributed by atoms with van der Waals surface area (Å²) in [6.45, 7) is 1.11. The summed E-state index contributed by atoms with van der Waals surface area (Å²) < 4.78 is 11.2. The third-order valence-corrected chi connectivity index (χ3v) is 2.95. The number of hydrogen-bond donors (Lipinski definition) is 1. The van der Waals surface area contributed by atoms with Gasteiger partial charge in [0.25, 0.3) is 0 Å². The first kappa shape index (κ1) is 14.7. The molecule has 0 radical (unpaired) electrons. The van der Waals surface area contributed by atoms with Crippen LogP contribution in [0.25, 0.3) is 0 Å². The Bertz CT molecular complexity index is 526. The van der Waals surface area contributed by atoms with Crippen molar-refractivity contribution in [2.24, 2.45) is 0 Å². The van der Waals surface area contributed by atoms with Gasteiger partial charge in [0.15, 0.2) is 0 Å². The molecule has 0 aliphatic rings. The molecular formula is C16H17ClO3. The van der Waals surface area contributed by atoms with Gasteiger partial charge in [-0.15, -0.1) is 0 Å². The van der Waals surface area contributed by atoms with Gasteiger partial charge < -0.3 is 14.6 Å². The van der Waals surface area contributed by atoms with Gasteiger partial charge in [-0.3, -0.25) is 0 Å². The van der Waals surface area contributed by atoms with Crippen LogP contribution in [-0.4, -0.2) is 18.3 Å². The Morgan fingerprint density at radius 1 is 0.950 bits per heavy atom. The zero-order valence-corrected chi connectivity index (χ0v) is 11.8. The number of ether oxygens (including phenoxy) is 2. The van der Waals surface area contributed by atoms with Gasteiger partial charge in [0.05, 0.1) is 6.61 Å². The van der Waals surface area contributed by atoms with Crippen LogP contribution in [-0.2, 0) is 6.61 Å². The van der Waals surface area contributed by atoms with Crippen molar-refractivity contribution in [3.63, 3.8) is 0 Å². The molecule has 2 aromatic carbocycles. The van der Waals surface area contributed by atoms with Crippen molar-refractivity contribution in [1.29, 1.82) is 0 Å². The van der Waals surface area contributed by atoms with Crippen molar-refractivity contribution in [2.75, 3.05) is 13.2 Å². The van der Waals surface area contributed by atoms with Crippen molar-refractivity contribution < 1.29 is 14.6 Å². The Balaban J connectivity index is 1.89. The first-order valence-corrected chi connectivity index (χ1v) is 6.87. The predicted molar refractivity (Wildman–Crippen MR) is 79.4 cm³/mol. The zero-order valence-electron chi connectivity index (χ0n) is 11.1. The predicted octanol–water partition coefficient (Wildman–Crippen LogP) is 3.68. The van der Waals surface area contributed by atoms with Crippen LogP contribution in [0.4, 0.5) is 0 Å². The Morgan fingerprint density at radius 2 is 1.65 bits per heavy atom. The van der Waals surface area contributed by atoms with Crippen molar-refractivity contribution in [1.82, 2.24) is 0 Å². The lowest BCUT2D eigenvalue weighted by atomic mass is 10.2. The summed E-state index contributed by atoms with van der Waals surface area (Å²) in [4.78, 5) is 0. The fraction of sp³-hybridized carbons (Fsp3) is 0.250. The smallest absolute Gasteiger partial charge is 0.123 e. The van der Waals surface area contributed by atoms with E-state index in [1.54, 1.807) is 0 Å². The number of aliphatic hydroxyl groups is 1. The summed E-state index contributed by atoms with van der Waals surface area (Å²) >= 11 is 5.83. The molecule has 0 aliphatic heterocycles. The molecule has 0 saturated carbocycles. The number of aliphatic hydroxyl groups excluding tert-OH is 1. The molecule has 0 bridgehead atoms. The highest BCUT2D eigenvalue weighted by Crippen LogP contribution is 2.21. The van der Waals surface area contributed by atoms with E-state index >= 15 is 0 Å². The number of hydrogen-bond acceptors (Lipinski definition) is 3. The highest BCUT2D eigenvalue weighted by molar-refractivity contribution is 6.30. The summed E-state index contributed by atoms with van der Waals surface area (Å²) in [7, 11) is 0. The average molecular weight is 293 g/mol. The summed E-state index contributed by atoms with van der Waals surface area (Å²) in [5.41, 5.74) is 1.06. The van der Waals surface area contributed by atoms with E-state index in [2.05, 4.69) is 0 Å². The molecule has 2 aromatic rings. The lowest BCUT2D eigenvalue weighted by Gasteiger charge is -2.09. The van der Waals surface area contributed by atoms with Gasteiger partial charge in [0.2, 0.25) is 0 Å². The largest absolute Gasteiger partial charge is 0.493 e. The fourth-order valence-corrected chi connectivity index (χ4v) is 1.78. The van der Waals surface area contributed by atoms with E-state index in [1.165, 1.54) is 0 Å². The van der Waals surface area contributed by atoms with Crippen LogP contribution in [0, 0.1) is 0 Å². The van der Waals surface area contributed by atoms with Crippen molar-refractivity contribution in [3.8, 4) is 11.5 Å². The highest BCUT2D eigenvalue weighted by Gasteiger charge is 1.99. The number of rotatable bonds is 7. The molecule has 3 nitrogen and oxygen atoms in total. The second kappa shape index (κ2) is 7.78. The second-order valence-corrected chi connectivity index (χ2v) is 4.75. The van der Waals surface area contributed by atoms with Gasteiger partial charge in [-0.05, 0) is 29.8 Å². The summed E-state index contributed by atoms with van der Waals surface area (Å²) in [5, 5.41) is 9.43. The van der Waals surface area contributed by atoms with Crippen LogP contribution in [0.3, 0.4) is 0 Å². The van der Waals surface area contributed by atoms with Crippen molar-refractivity contribution in [3.05, 3.63) is 59.1 Å². The fourth-order valence-electron chi connectivity index (χ4n) is 1.66. The SMILES string of the molecule is OCCCOc1cccc(OCc2ccc(Cl)cc2)c1. The molecule has 0 heterocycles. The first-order chi connectivity index (χ1) is 9.78. The van der Waals surface area contributed by atoms with Crippen LogP contribution in [0.2, 0.25) is 5.02 Å². The van der Waals surface area contributed by atoms with Gasteiger partial charge in [-0.1, -0.05) is 29.8 Å². The van der Waals surface area contributed by atoms with Crippen LogP contribution < -0.4 is 9.47 Å². The Labute approximate surface area is 123 Å². The lowest BCUT2D eigenvalue weighted by molar-refractivity contribution is 0.232. The van der Waals surface area contributed by atoms with Crippen LogP contribution in [0.5, 0.6) is 11.5 Å². The monoisotopic (exact) mass is 292 g/mol. The Morgan fingerprint density at radius 3 is 2.35 bits per heavy atom. The van der Waals surface area contributed by atoms with E-state index < -0.39 is 0 Å². The van der Waals surface area contributed by atoms with Crippen LogP contribution in [0.1, 0.15) is 12.0 Å². The van der Waals surface area contributed by atoms with Gasteiger partial charge in [0.1, 0.15) is 18.1 Å². The molecule has 0 atom stereocenters. The minimum atomic E-state index is 0.132. The number of halogens is 1. The standard InChI is InChI=1S/C16H17ClO3/c17-14-7-5-13(6-8-14)12-20-16-4-1-3-15(11-16)19-10-2-9-18/h1,3-8,11,18H,2,9-10,12H2. The van der Waals surface area contributed by atoms with Crippen LogP contribution >= 0.6 is 11.6 Å². The van der Waals surface area contributed by atoms with Crippen LogP contribution in [0.15, 0.2) is 48.5 Å². The van der Waals surface area contributed by atoms with E-state index in [1.807, 2.05) is 48.5 Å². The van der Waals surface area contributed by atoms with Crippen molar-refractivity contribution in [2.45, 2.75) is 13.0 Å². The summed E-state index contributed by atoms with van der Waals surface area (Å²) in [6, 6.07) is 15.0. The minimum absolute atomic E-state index is 0.132. The molecule has 0 saturated heterocycles. The molecular weight excluding hydrogens is 276 g/mol. The maximum absolute atomic E-state index is 8.71. The third kappa shape index (κ3) is 4.76. The second-order valence-electron chi connectivity index (χ2n) is 4.32.